The van der Waals surface area contributed by atoms with E-state index in [2.05, 4.69) is 5.32 Å². The Kier molecular flexibility index (Phi) is 4.82. The number of alkyl halides is 3. The van der Waals surface area contributed by atoms with Gasteiger partial charge in [-0.15, -0.1) is 0 Å². The van der Waals surface area contributed by atoms with Crippen LogP contribution in [-0.2, 0) is 15.8 Å². The fourth-order valence-electron chi connectivity index (χ4n) is 1.35. The standard InChI is InChI=1S/C13H14F3NO4/c1-12(2,11(19)20)17-10(18)7-21-9-5-3-4-8(6-9)13(14,15)16/h3-6H,7H2,1-2H3,(H,17,18)(H,19,20). The molecule has 0 aliphatic carbocycles. The summed E-state index contributed by atoms with van der Waals surface area (Å²) in [6.45, 7) is 1.97. The molecule has 1 aromatic rings. The molecule has 0 aliphatic heterocycles. The van der Waals surface area contributed by atoms with E-state index >= 15 is 0 Å². The lowest BCUT2D eigenvalue weighted by Crippen LogP contribution is -2.51. The minimum atomic E-state index is -4.51. The van der Waals surface area contributed by atoms with Crippen LogP contribution in [0.3, 0.4) is 0 Å². The first kappa shape index (κ1) is 16.8. The Morgan fingerprint density at radius 3 is 2.43 bits per heavy atom. The fraction of sp³-hybridized carbons (Fsp3) is 0.385. The maximum atomic E-state index is 12.5. The second-order valence-corrected chi connectivity index (χ2v) is 4.79. The van der Waals surface area contributed by atoms with Gasteiger partial charge >= 0.3 is 12.1 Å². The quantitative estimate of drug-likeness (QED) is 0.873. The number of amides is 1. The summed E-state index contributed by atoms with van der Waals surface area (Å²) < 4.78 is 42.4. The Bertz CT molecular complexity index is 540. The van der Waals surface area contributed by atoms with Gasteiger partial charge in [0.15, 0.2) is 6.61 Å². The van der Waals surface area contributed by atoms with Crippen LogP contribution in [0.1, 0.15) is 19.4 Å². The molecule has 116 valence electrons. The van der Waals surface area contributed by atoms with E-state index in [1.165, 1.54) is 19.9 Å². The van der Waals surface area contributed by atoms with Gasteiger partial charge in [0.05, 0.1) is 5.56 Å². The zero-order valence-electron chi connectivity index (χ0n) is 11.3. The highest BCUT2D eigenvalue weighted by Crippen LogP contribution is 2.31. The number of benzene rings is 1. The Balaban J connectivity index is 2.64. The van der Waals surface area contributed by atoms with Crippen molar-refractivity contribution in [3.63, 3.8) is 0 Å². The van der Waals surface area contributed by atoms with Crippen molar-refractivity contribution in [1.29, 1.82) is 0 Å². The highest BCUT2D eigenvalue weighted by Gasteiger charge is 2.31. The summed E-state index contributed by atoms with van der Waals surface area (Å²) in [6, 6.07) is 4.05. The Hall–Kier alpha value is -2.25. The number of carboxylic acid groups (broad SMARTS) is 1. The molecule has 0 heterocycles. The van der Waals surface area contributed by atoms with E-state index in [0.29, 0.717) is 0 Å². The number of nitrogens with one attached hydrogen (secondary N) is 1. The van der Waals surface area contributed by atoms with Crippen molar-refractivity contribution in [2.45, 2.75) is 25.6 Å². The number of carboxylic acids is 1. The van der Waals surface area contributed by atoms with Gasteiger partial charge in [0.25, 0.3) is 5.91 Å². The predicted molar refractivity (Wildman–Crippen MR) is 66.8 cm³/mol. The van der Waals surface area contributed by atoms with Crippen LogP contribution < -0.4 is 10.1 Å². The van der Waals surface area contributed by atoms with Crippen molar-refractivity contribution in [3.05, 3.63) is 29.8 Å². The molecule has 0 bridgehead atoms. The van der Waals surface area contributed by atoms with Gasteiger partial charge in [0, 0.05) is 0 Å². The van der Waals surface area contributed by atoms with Crippen LogP contribution in [0.5, 0.6) is 5.75 Å². The fourth-order valence-corrected chi connectivity index (χ4v) is 1.35. The SMILES string of the molecule is CC(C)(NC(=O)COc1cccc(C(F)(F)F)c1)C(=O)O. The minimum absolute atomic E-state index is 0.131. The molecular formula is C13H14F3NO4. The van der Waals surface area contributed by atoms with Crippen molar-refractivity contribution in [2.24, 2.45) is 0 Å². The highest BCUT2D eigenvalue weighted by atomic mass is 19.4. The molecule has 0 unspecified atom stereocenters. The van der Waals surface area contributed by atoms with Crippen LogP contribution in [0, 0.1) is 0 Å². The van der Waals surface area contributed by atoms with Gasteiger partial charge in [-0.25, -0.2) is 4.79 Å². The summed E-state index contributed by atoms with van der Waals surface area (Å²) in [5, 5.41) is 11.0. The Morgan fingerprint density at radius 2 is 1.90 bits per heavy atom. The molecule has 0 aliphatic rings. The van der Waals surface area contributed by atoms with E-state index in [-0.39, 0.29) is 5.75 Å². The van der Waals surface area contributed by atoms with Crippen LogP contribution in [-0.4, -0.2) is 29.1 Å². The number of hydrogen-bond acceptors (Lipinski definition) is 3. The van der Waals surface area contributed by atoms with Crippen molar-refractivity contribution in [1.82, 2.24) is 5.32 Å². The van der Waals surface area contributed by atoms with Gasteiger partial charge in [-0.1, -0.05) is 6.07 Å². The maximum absolute atomic E-state index is 12.5. The number of carbonyl (C=O) groups is 2. The maximum Gasteiger partial charge on any atom is 0.416 e. The zero-order chi connectivity index (χ0) is 16.3. The molecule has 8 heteroatoms. The van der Waals surface area contributed by atoms with E-state index in [0.717, 1.165) is 18.2 Å². The number of ether oxygens (including phenoxy) is 1. The smallest absolute Gasteiger partial charge is 0.416 e. The van der Waals surface area contributed by atoms with Gasteiger partial charge < -0.3 is 15.2 Å². The third-order valence-electron chi connectivity index (χ3n) is 2.52. The summed E-state index contributed by atoms with van der Waals surface area (Å²) in [5.74, 6) is -2.12. The normalized spacial score (nSPS) is 11.9. The van der Waals surface area contributed by atoms with Gasteiger partial charge in [0.1, 0.15) is 11.3 Å². The van der Waals surface area contributed by atoms with E-state index < -0.39 is 35.8 Å². The first-order chi connectivity index (χ1) is 9.52. The van der Waals surface area contributed by atoms with Crippen LogP contribution in [0.25, 0.3) is 0 Å². The predicted octanol–water partition coefficient (Wildman–Crippen LogP) is 2.06. The highest BCUT2D eigenvalue weighted by molar-refractivity contribution is 5.86. The molecule has 0 saturated carbocycles. The number of aliphatic carboxylic acids is 1. The number of carbonyl (C=O) groups excluding carboxylic acids is 1. The van der Waals surface area contributed by atoms with Crippen molar-refractivity contribution in [3.8, 4) is 5.75 Å². The summed E-state index contributed by atoms with van der Waals surface area (Å²) >= 11 is 0. The van der Waals surface area contributed by atoms with E-state index in [4.69, 9.17) is 9.84 Å². The molecule has 0 radical (unpaired) electrons. The molecule has 1 aromatic carbocycles. The molecule has 0 aromatic heterocycles. The lowest BCUT2D eigenvalue weighted by molar-refractivity contribution is -0.146. The van der Waals surface area contributed by atoms with Gasteiger partial charge in [-0.05, 0) is 32.0 Å². The monoisotopic (exact) mass is 305 g/mol. The minimum Gasteiger partial charge on any atom is -0.484 e. The molecule has 5 nitrogen and oxygen atoms in total. The molecule has 2 N–H and O–H groups in total. The molecule has 0 spiro atoms. The zero-order valence-corrected chi connectivity index (χ0v) is 11.3. The van der Waals surface area contributed by atoms with Crippen LogP contribution in [0.2, 0.25) is 0 Å². The summed E-state index contributed by atoms with van der Waals surface area (Å²) in [7, 11) is 0. The molecule has 0 atom stereocenters. The van der Waals surface area contributed by atoms with Crippen LogP contribution >= 0.6 is 0 Å². The second-order valence-electron chi connectivity index (χ2n) is 4.79. The van der Waals surface area contributed by atoms with Crippen LogP contribution in [0.4, 0.5) is 13.2 Å². The van der Waals surface area contributed by atoms with Crippen molar-refractivity contribution >= 4 is 11.9 Å². The lowest BCUT2D eigenvalue weighted by Gasteiger charge is -2.21. The molecule has 21 heavy (non-hydrogen) atoms. The molecular weight excluding hydrogens is 291 g/mol. The van der Waals surface area contributed by atoms with Gasteiger partial charge in [-0.2, -0.15) is 13.2 Å². The Morgan fingerprint density at radius 1 is 1.29 bits per heavy atom. The number of hydrogen-bond donors (Lipinski definition) is 2. The average Bonchev–Trinajstić information content (AvgIpc) is 2.35. The third kappa shape index (κ3) is 4.97. The summed E-state index contributed by atoms with van der Waals surface area (Å²) in [6.07, 6.45) is -4.51. The van der Waals surface area contributed by atoms with E-state index in [1.807, 2.05) is 0 Å². The van der Waals surface area contributed by atoms with E-state index in [1.54, 1.807) is 0 Å². The first-order valence-electron chi connectivity index (χ1n) is 5.87. The molecule has 0 fully saturated rings. The third-order valence-corrected chi connectivity index (χ3v) is 2.52. The van der Waals surface area contributed by atoms with Crippen molar-refractivity contribution in [2.75, 3.05) is 6.61 Å². The number of rotatable bonds is 5. The Labute approximate surface area is 118 Å². The average molecular weight is 305 g/mol. The van der Waals surface area contributed by atoms with Crippen LogP contribution in [0.15, 0.2) is 24.3 Å². The van der Waals surface area contributed by atoms with Gasteiger partial charge in [0.2, 0.25) is 0 Å². The molecule has 0 saturated heterocycles. The van der Waals surface area contributed by atoms with Gasteiger partial charge in [-0.3, -0.25) is 4.79 Å². The summed E-state index contributed by atoms with van der Waals surface area (Å²) in [5.41, 5.74) is -2.39. The second kappa shape index (κ2) is 6.02. The van der Waals surface area contributed by atoms with Crippen molar-refractivity contribution < 1.29 is 32.6 Å². The largest absolute Gasteiger partial charge is 0.484 e. The molecule has 1 amide bonds. The molecule has 1 rings (SSSR count). The first-order valence-corrected chi connectivity index (χ1v) is 5.87. The lowest BCUT2D eigenvalue weighted by atomic mass is 10.1. The van der Waals surface area contributed by atoms with E-state index in [9.17, 15) is 22.8 Å². The topological polar surface area (TPSA) is 75.6 Å². The number of halogens is 3. The summed E-state index contributed by atoms with van der Waals surface area (Å²) in [4.78, 5) is 22.3.